The van der Waals surface area contributed by atoms with Crippen molar-refractivity contribution in [2.45, 2.75) is 26.9 Å². The molecule has 0 spiro atoms. The molecule has 4 aromatic carbocycles. The number of benzene rings is 4. The number of aryl methyl sites for hydroxylation is 3. The maximum atomic E-state index is 3.59. The van der Waals surface area contributed by atoms with Gasteiger partial charge in [-0.3, -0.25) is 0 Å². The van der Waals surface area contributed by atoms with Gasteiger partial charge >= 0.3 is 0 Å². The largest absolute Gasteiger partial charge is 0.116 e. The minimum Gasteiger partial charge on any atom is -0.0554 e. The third-order valence-electron chi connectivity index (χ3n) is 5.76. The summed E-state index contributed by atoms with van der Waals surface area (Å²) in [6, 6.07) is 36.5. The third-order valence-corrected chi connectivity index (χ3v) is 10.7. The van der Waals surface area contributed by atoms with Crippen molar-refractivity contribution >= 4 is 39.1 Å². The van der Waals surface area contributed by atoms with Gasteiger partial charge in [0.25, 0.3) is 0 Å². The molecule has 0 fully saturated rings. The Bertz CT molecular complexity index is 998. The highest BCUT2D eigenvalue weighted by molar-refractivity contribution is 9.10. The van der Waals surface area contributed by atoms with E-state index in [2.05, 4.69) is 134 Å². The van der Waals surface area contributed by atoms with E-state index in [-0.39, 0.29) is 0 Å². The summed E-state index contributed by atoms with van der Waals surface area (Å²) in [4.78, 5) is 0. The summed E-state index contributed by atoms with van der Waals surface area (Å²) in [5, 5.41) is 4.30. The van der Waals surface area contributed by atoms with Gasteiger partial charge in [-0.25, -0.2) is 0 Å². The lowest BCUT2D eigenvalue weighted by atomic mass is 10.2. The molecule has 0 nitrogen and oxygen atoms in total. The molecule has 0 N–H and O–H groups in total. The second-order valence-electron chi connectivity index (χ2n) is 8.10. The Hall–Kier alpha value is -2.21. The topological polar surface area (TPSA) is 0 Å². The first-order valence-corrected chi connectivity index (χ1v) is 13.1. The Morgan fingerprint density at radius 2 is 0.833 bits per heavy atom. The highest BCUT2D eigenvalue weighted by atomic mass is 79.9. The van der Waals surface area contributed by atoms with E-state index in [1.54, 1.807) is 0 Å². The summed E-state index contributed by atoms with van der Waals surface area (Å²) in [5.41, 5.74) is 5.27. The SMILES string of the molecule is Cc1ccc([P+](Cc2ccc(Br)cc2)(c2ccc(C)cc2)c2ccc(C)cc2)cc1. The summed E-state index contributed by atoms with van der Waals surface area (Å²) in [5.74, 6) is 0. The molecule has 150 valence electrons. The van der Waals surface area contributed by atoms with Crippen molar-refractivity contribution in [1.82, 2.24) is 0 Å². The second kappa shape index (κ2) is 8.88. The molecule has 0 amide bonds. The normalized spacial score (nSPS) is 11.5. The Morgan fingerprint density at radius 3 is 1.17 bits per heavy atom. The average Bonchev–Trinajstić information content (AvgIpc) is 2.75. The molecule has 2 heteroatoms. The molecule has 0 aromatic heterocycles. The molecule has 0 aliphatic rings. The molecule has 0 aliphatic heterocycles. The second-order valence-corrected chi connectivity index (χ2v) is 12.5. The molecule has 4 rings (SSSR count). The maximum Gasteiger partial charge on any atom is 0.116 e. The van der Waals surface area contributed by atoms with Gasteiger partial charge in [-0.15, -0.1) is 0 Å². The van der Waals surface area contributed by atoms with Crippen molar-refractivity contribution in [2.75, 3.05) is 0 Å². The van der Waals surface area contributed by atoms with E-state index in [1.807, 2.05) is 0 Å². The fourth-order valence-corrected chi connectivity index (χ4v) is 8.42. The number of hydrogen-bond donors (Lipinski definition) is 0. The maximum absolute atomic E-state index is 3.59. The first-order chi connectivity index (χ1) is 14.5. The molecule has 0 saturated carbocycles. The van der Waals surface area contributed by atoms with Gasteiger partial charge in [0.1, 0.15) is 23.2 Å². The van der Waals surface area contributed by atoms with E-state index in [9.17, 15) is 0 Å². The molecule has 0 unspecified atom stereocenters. The quantitative estimate of drug-likeness (QED) is 0.277. The molecule has 0 saturated heterocycles. The molecule has 0 heterocycles. The van der Waals surface area contributed by atoms with Crippen LogP contribution in [0.15, 0.2) is 102 Å². The van der Waals surface area contributed by atoms with E-state index >= 15 is 0 Å². The van der Waals surface area contributed by atoms with Crippen LogP contribution in [-0.2, 0) is 6.16 Å². The lowest BCUT2D eigenvalue weighted by Gasteiger charge is -2.28. The molecular weight excluding hydrogens is 447 g/mol. The van der Waals surface area contributed by atoms with Crippen LogP contribution in [0.2, 0.25) is 0 Å². The van der Waals surface area contributed by atoms with Gasteiger partial charge in [-0.1, -0.05) is 81.2 Å². The van der Waals surface area contributed by atoms with Crippen LogP contribution in [0.4, 0.5) is 0 Å². The molecule has 30 heavy (non-hydrogen) atoms. The van der Waals surface area contributed by atoms with Crippen LogP contribution in [0.1, 0.15) is 22.3 Å². The van der Waals surface area contributed by atoms with Crippen LogP contribution in [-0.4, -0.2) is 0 Å². The first kappa shape index (κ1) is 21.0. The van der Waals surface area contributed by atoms with Crippen LogP contribution in [0.25, 0.3) is 0 Å². The van der Waals surface area contributed by atoms with Crippen LogP contribution in [0.3, 0.4) is 0 Å². The smallest absolute Gasteiger partial charge is 0.0554 e. The van der Waals surface area contributed by atoms with E-state index in [4.69, 9.17) is 0 Å². The third kappa shape index (κ3) is 4.29. The zero-order chi connectivity index (χ0) is 21.1. The van der Waals surface area contributed by atoms with E-state index in [0.29, 0.717) is 0 Å². The molecule has 4 aromatic rings. The van der Waals surface area contributed by atoms with Crippen molar-refractivity contribution in [1.29, 1.82) is 0 Å². The predicted octanol–water partition coefficient (Wildman–Crippen LogP) is 6.87. The van der Waals surface area contributed by atoms with Crippen molar-refractivity contribution in [2.24, 2.45) is 0 Å². The number of halogens is 1. The monoisotopic (exact) mass is 473 g/mol. The van der Waals surface area contributed by atoms with Gasteiger partial charge in [0.05, 0.1) is 6.16 Å². The van der Waals surface area contributed by atoms with E-state index < -0.39 is 7.26 Å². The minimum atomic E-state index is -1.87. The fraction of sp³-hybridized carbons (Fsp3) is 0.143. The Morgan fingerprint density at radius 1 is 0.500 bits per heavy atom. The standard InChI is InChI=1S/C28H27BrP/c1-21-4-14-26(15-5-21)30(27-16-6-22(2)7-17-27,28-18-8-23(3)9-19-28)20-24-10-12-25(29)13-11-24/h4-19H,20H2,1-3H3/q+1. The molecular formula is C28H27BrP+. The van der Waals surface area contributed by atoms with Crippen LogP contribution >= 0.6 is 23.2 Å². The predicted molar refractivity (Wildman–Crippen MR) is 137 cm³/mol. The van der Waals surface area contributed by atoms with Crippen molar-refractivity contribution < 1.29 is 0 Å². The summed E-state index contributed by atoms with van der Waals surface area (Å²) in [6.07, 6.45) is 1.01. The van der Waals surface area contributed by atoms with Crippen molar-refractivity contribution in [3.8, 4) is 0 Å². The summed E-state index contributed by atoms with van der Waals surface area (Å²) < 4.78 is 1.12. The van der Waals surface area contributed by atoms with Gasteiger partial charge in [0.15, 0.2) is 0 Å². The zero-order valence-electron chi connectivity index (χ0n) is 17.8. The van der Waals surface area contributed by atoms with E-state index in [1.165, 1.54) is 38.2 Å². The minimum absolute atomic E-state index is 1.01. The van der Waals surface area contributed by atoms with Gasteiger partial charge in [0.2, 0.25) is 0 Å². The number of rotatable bonds is 5. The van der Waals surface area contributed by atoms with Crippen LogP contribution in [0.5, 0.6) is 0 Å². The summed E-state index contributed by atoms with van der Waals surface area (Å²) in [6.45, 7) is 6.49. The summed E-state index contributed by atoms with van der Waals surface area (Å²) >= 11 is 3.59. The zero-order valence-corrected chi connectivity index (χ0v) is 20.3. The van der Waals surface area contributed by atoms with E-state index in [0.717, 1.165) is 10.6 Å². The Kier molecular flexibility index (Phi) is 6.23. The highest BCUT2D eigenvalue weighted by Gasteiger charge is 2.45. The van der Waals surface area contributed by atoms with Gasteiger partial charge in [0, 0.05) is 4.47 Å². The van der Waals surface area contributed by atoms with Crippen molar-refractivity contribution in [3.05, 3.63) is 124 Å². The highest BCUT2D eigenvalue weighted by Crippen LogP contribution is 2.58. The van der Waals surface area contributed by atoms with Crippen LogP contribution < -0.4 is 15.9 Å². The summed E-state index contributed by atoms with van der Waals surface area (Å²) in [7, 11) is -1.87. The first-order valence-electron chi connectivity index (χ1n) is 10.3. The van der Waals surface area contributed by atoms with Gasteiger partial charge in [-0.2, -0.15) is 0 Å². The fourth-order valence-electron chi connectivity index (χ4n) is 3.98. The Labute approximate surface area is 189 Å². The van der Waals surface area contributed by atoms with Crippen molar-refractivity contribution in [3.63, 3.8) is 0 Å². The average molecular weight is 474 g/mol. The number of hydrogen-bond acceptors (Lipinski definition) is 0. The molecule has 0 radical (unpaired) electrons. The Balaban J connectivity index is 2.00. The van der Waals surface area contributed by atoms with Crippen LogP contribution in [0, 0.1) is 20.8 Å². The molecule has 0 atom stereocenters. The lowest BCUT2D eigenvalue weighted by molar-refractivity contribution is 1.37. The lowest BCUT2D eigenvalue weighted by Crippen LogP contribution is -2.32. The van der Waals surface area contributed by atoms with Gasteiger partial charge < -0.3 is 0 Å². The van der Waals surface area contributed by atoms with Gasteiger partial charge in [-0.05, 0) is 74.9 Å². The molecule has 0 bridgehead atoms. The molecule has 0 aliphatic carbocycles.